The maximum absolute atomic E-state index is 8.72. The van der Waals surface area contributed by atoms with Gasteiger partial charge in [0, 0.05) is 6.08 Å². The van der Waals surface area contributed by atoms with Gasteiger partial charge in [-0.1, -0.05) is 52.2 Å². The zero-order valence-electron chi connectivity index (χ0n) is 14.4. The number of allylic oxidation sites excluding steroid dienone is 3. The number of unbranched alkanes of at least 4 members (excludes halogenated alkanes) is 2. The first-order chi connectivity index (χ1) is 11.0. The van der Waals surface area contributed by atoms with Crippen LogP contribution in [0.3, 0.4) is 0 Å². The van der Waals surface area contributed by atoms with Crippen LogP contribution in [-0.4, -0.2) is 10.5 Å². The lowest BCUT2D eigenvalue weighted by Crippen LogP contribution is -2.16. The van der Waals surface area contributed by atoms with Gasteiger partial charge in [-0.15, -0.1) is 0 Å². The normalized spacial score (nSPS) is 14.4. The first-order valence-electron chi connectivity index (χ1n) is 8.43. The minimum absolute atomic E-state index is 0.199. The average molecular weight is 310 g/mol. The molecule has 23 heavy (non-hydrogen) atoms. The monoisotopic (exact) mass is 310 g/mol. The number of nitrogens with zero attached hydrogens (tertiary/aromatic N) is 2. The molecular weight excluding hydrogens is 284 g/mol. The Kier molecular flexibility index (Phi) is 5.95. The van der Waals surface area contributed by atoms with Crippen molar-refractivity contribution >= 4 is 5.71 Å². The van der Waals surface area contributed by atoms with Crippen molar-refractivity contribution in [1.82, 2.24) is 0 Å². The quantitative estimate of drug-likeness (QED) is 0.376. The van der Waals surface area contributed by atoms with Gasteiger partial charge < -0.3 is 10.3 Å². The van der Waals surface area contributed by atoms with Crippen LogP contribution in [0.1, 0.15) is 58.4 Å². The number of benzene rings is 1. The molecule has 3 nitrogen and oxygen atoms in total. The zero-order valence-corrected chi connectivity index (χ0v) is 14.4. The van der Waals surface area contributed by atoms with E-state index < -0.39 is 0 Å². The first-order valence-corrected chi connectivity index (χ1v) is 8.43. The van der Waals surface area contributed by atoms with Crippen molar-refractivity contribution in [3.05, 3.63) is 59.3 Å². The topological polar surface area (TPSA) is 45.6 Å². The Morgan fingerprint density at radius 2 is 1.87 bits per heavy atom. The van der Waals surface area contributed by atoms with E-state index in [0.29, 0.717) is 12.1 Å². The third kappa shape index (κ3) is 4.94. The third-order valence-corrected chi connectivity index (χ3v) is 4.36. The molecule has 0 N–H and O–H groups in total. The van der Waals surface area contributed by atoms with Crippen molar-refractivity contribution in [2.75, 3.05) is 0 Å². The van der Waals surface area contributed by atoms with Crippen LogP contribution >= 0.6 is 0 Å². The number of hydrogen-bond donors (Lipinski definition) is 0. The van der Waals surface area contributed by atoms with Crippen molar-refractivity contribution in [2.45, 2.75) is 58.3 Å². The van der Waals surface area contributed by atoms with Gasteiger partial charge in [-0.25, -0.2) is 0 Å². The van der Waals surface area contributed by atoms with Crippen LogP contribution in [0.4, 0.5) is 0 Å². The van der Waals surface area contributed by atoms with E-state index in [1.165, 1.54) is 31.2 Å². The number of hydrogen-bond acceptors (Lipinski definition) is 1. The van der Waals surface area contributed by atoms with Crippen molar-refractivity contribution in [2.24, 2.45) is 0 Å². The molecule has 0 unspecified atom stereocenters. The lowest BCUT2D eigenvalue weighted by atomic mass is 9.80. The summed E-state index contributed by atoms with van der Waals surface area (Å²) in [6.45, 7) is 6.85. The Balaban J connectivity index is 1.98. The van der Waals surface area contributed by atoms with Crippen molar-refractivity contribution in [3.63, 3.8) is 0 Å². The summed E-state index contributed by atoms with van der Waals surface area (Å²) in [5, 5.41) is 0. The second-order valence-electron chi connectivity index (χ2n) is 6.70. The van der Waals surface area contributed by atoms with Crippen LogP contribution in [0.25, 0.3) is 5.53 Å². The molecule has 3 heteroatoms. The highest BCUT2D eigenvalue weighted by atomic mass is 16.5. The van der Waals surface area contributed by atoms with E-state index in [9.17, 15) is 0 Å². The molecule has 0 aromatic heterocycles. The Morgan fingerprint density at radius 1 is 1.13 bits per heavy atom. The van der Waals surface area contributed by atoms with Gasteiger partial charge in [0.1, 0.15) is 11.5 Å². The predicted octanol–water partition coefficient (Wildman–Crippen LogP) is 5.44. The largest absolute Gasteiger partial charge is 0.458 e. The average Bonchev–Trinajstić information content (AvgIpc) is 2.56. The zero-order chi connectivity index (χ0) is 16.7. The molecule has 0 bridgehead atoms. The van der Waals surface area contributed by atoms with Crippen LogP contribution < -0.4 is 4.74 Å². The highest BCUT2D eigenvalue weighted by Gasteiger charge is 2.20. The molecule has 0 amide bonds. The molecule has 0 atom stereocenters. The molecule has 1 aliphatic carbocycles. The second kappa shape index (κ2) is 7.94. The standard InChI is InChI=1S/C20H26N2O/c1-4-5-6-15-20(2,3)16-7-11-18(12-8-16)23-19-13-9-17(22-21)10-14-19/h7-9,11-14H,4-6,10,15H2,1-3H3. The molecule has 0 radical (unpaired) electrons. The van der Waals surface area contributed by atoms with E-state index >= 15 is 0 Å². The smallest absolute Gasteiger partial charge is 0.296 e. The molecular formula is C20H26N2O. The van der Waals surface area contributed by atoms with Crippen LogP contribution in [0.15, 0.2) is 48.3 Å². The van der Waals surface area contributed by atoms with Crippen molar-refractivity contribution in [3.8, 4) is 5.75 Å². The van der Waals surface area contributed by atoms with Gasteiger partial charge in [0.15, 0.2) is 0 Å². The lowest BCUT2D eigenvalue weighted by Gasteiger charge is -2.25. The van der Waals surface area contributed by atoms with Gasteiger partial charge in [-0.3, -0.25) is 0 Å². The van der Waals surface area contributed by atoms with E-state index in [4.69, 9.17) is 10.3 Å². The Morgan fingerprint density at radius 3 is 2.43 bits per heavy atom. The summed E-state index contributed by atoms with van der Waals surface area (Å²) < 4.78 is 5.85. The maximum Gasteiger partial charge on any atom is 0.296 e. The number of rotatable bonds is 7. The first kappa shape index (κ1) is 17.2. The van der Waals surface area contributed by atoms with Crippen LogP contribution in [0.5, 0.6) is 5.75 Å². The Labute approximate surface area is 139 Å². The molecule has 1 aliphatic rings. The van der Waals surface area contributed by atoms with Gasteiger partial charge in [0.25, 0.3) is 5.71 Å². The molecule has 122 valence electrons. The third-order valence-electron chi connectivity index (χ3n) is 4.36. The van der Waals surface area contributed by atoms with Crippen molar-refractivity contribution < 1.29 is 9.53 Å². The summed E-state index contributed by atoms with van der Waals surface area (Å²) in [7, 11) is 0. The van der Waals surface area contributed by atoms with E-state index in [1.807, 2.05) is 24.3 Å². The summed E-state index contributed by atoms with van der Waals surface area (Å²) in [5.41, 5.74) is 10.9. The molecule has 0 spiro atoms. The van der Waals surface area contributed by atoms with Gasteiger partial charge in [0.2, 0.25) is 0 Å². The van der Waals surface area contributed by atoms with Gasteiger partial charge in [-0.05, 0) is 41.7 Å². The minimum Gasteiger partial charge on any atom is -0.458 e. The molecule has 1 aromatic rings. The van der Waals surface area contributed by atoms with E-state index in [0.717, 1.165) is 11.5 Å². The highest BCUT2D eigenvalue weighted by molar-refractivity contribution is 5.92. The van der Waals surface area contributed by atoms with E-state index in [2.05, 4.69) is 37.7 Å². The van der Waals surface area contributed by atoms with Gasteiger partial charge in [-0.2, -0.15) is 4.79 Å². The van der Waals surface area contributed by atoms with E-state index in [1.54, 1.807) is 6.08 Å². The maximum atomic E-state index is 8.72. The molecule has 0 saturated carbocycles. The molecule has 0 fully saturated rings. The summed E-state index contributed by atoms with van der Waals surface area (Å²) in [5.74, 6) is 1.62. The highest BCUT2D eigenvalue weighted by Crippen LogP contribution is 2.31. The van der Waals surface area contributed by atoms with Gasteiger partial charge in [0.05, 0.1) is 6.42 Å². The summed E-state index contributed by atoms with van der Waals surface area (Å²) >= 11 is 0. The SMILES string of the molecule is CCCCCC(C)(C)c1ccc(OC2=CCC(=[N+]=[N-])C=C2)cc1. The fourth-order valence-corrected chi connectivity index (χ4v) is 2.74. The molecule has 1 aromatic carbocycles. The van der Waals surface area contributed by atoms with Crippen LogP contribution in [-0.2, 0) is 5.41 Å². The minimum atomic E-state index is 0.199. The fraction of sp³-hybridized carbons (Fsp3) is 0.450. The Bertz CT molecular complexity index is 632. The molecule has 0 heterocycles. The summed E-state index contributed by atoms with van der Waals surface area (Å²) in [4.78, 5) is 3.19. The molecule has 0 aliphatic heterocycles. The summed E-state index contributed by atoms with van der Waals surface area (Å²) in [6.07, 6.45) is 11.1. The van der Waals surface area contributed by atoms with Crippen molar-refractivity contribution in [1.29, 1.82) is 0 Å². The second-order valence-corrected chi connectivity index (χ2v) is 6.70. The van der Waals surface area contributed by atoms with Gasteiger partial charge >= 0.3 is 0 Å². The number of ether oxygens (including phenoxy) is 1. The van der Waals surface area contributed by atoms with Crippen LogP contribution in [0, 0.1) is 0 Å². The molecule has 2 rings (SSSR count). The predicted molar refractivity (Wildman–Crippen MR) is 94.7 cm³/mol. The molecule has 0 saturated heterocycles. The van der Waals surface area contributed by atoms with E-state index in [-0.39, 0.29) is 5.41 Å². The summed E-state index contributed by atoms with van der Waals surface area (Å²) in [6, 6.07) is 8.38. The fourth-order valence-electron chi connectivity index (χ4n) is 2.74. The van der Waals surface area contributed by atoms with Crippen LogP contribution in [0.2, 0.25) is 0 Å². The Hall–Kier alpha value is -2.12. The lowest BCUT2D eigenvalue weighted by molar-refractivity contribution is -0.00549.